The molecule has 0 atom stereocenters. The molecule has 0 bridgehead atoms. The van der Waals surface area contributed by atoms with Gasteiger partial charge in [0.25, 0.3) is 0 Å². The fraction of sp³-hybridized carbons (Fsp3) is 0.750. The Morgan fingerprint density at radius 1 is 0.292 bits per heavy atom. The van der Waals surface area contributed by atoms with Gasteiger partial charge in [-0.2, -0.15) is 0 Å². The quantitative estimate of drug-likeness (QED) is 0.0656. The second-order valence-electron chi connectivity index (χ2n) is 15.4. The fourth-order valence-electron chi connectivity index (χ4n) is 7.84. The number of unbranched alkanes of at least 4 members (excludes halogenated alkanes) is 27. The number of hydrogen-bond acceptors (Lipinski definition) is 0. The van der Waals surface area contributed by atoms with Crippen LogP contribution in [0.2, 0.25) is 0 Å². The van der Waals surface area contributed by atoms with Gasteiger partial charge in [-0.1, -0.05) is 237 Å². The van der Waals surface area contributed by atoms with Gasteiger partial charge in [0.1, 0.15) is 0 Å². The van der Waals surface area contributed by atoms with Crippen LogP contribution in [-0.4, -0.2) is 0 Å². The normalized spacial score (nSPS) is 11.5. The molecule has 0 saturated carbocycles. The summed E-state index contributed by atoms with van der Waals surface area (Å²) in [4.78, 5) is 0. The predicted molar refractivity (Wildman–Crippen MR) is 219 cm³/mol. The summed E-state index contributed by atoms with van der Waals surface area (Å²) in [5.41, 5.74) is 8.10. The van der Waals surface area contributed by atoms with Crippen molar-refractivity contribution < 1.29 is 0 Å². The summed E-state index contributed by atoms with van der Waals surface area (Å²) >= 11 is 0. The summed E-state index contributed by atoms with van der Waals surface area (Å²) in [5.74, 6) is 0. The number of hydrogen-bond donors (Lipinski definition) is 0. The van der Waals surface area contributed by atoms with Gasteiger partial charge in [0.15, 0.2) is 0 Å². The minimum absolute atomic E-state index is 1.26. The van der Waals surface area contributed by atoms with E-state index < -0.39 is 0 Å². The maximum absolute atomic E-state index is 2.55. The predicted octanol–water partition coefficient (Wildman–Crippen LogP) is 16.7. The van der Waals surface area contributed by atoms with Crippen LogP contribution < -0.4 is 0 Å². The van der Waals surface area contributed by atoms with Crippen molar-refractivity contribution in [2.45, 2.75) is 233 Å². The van der Waals surface area contributed by atoms with Crippen LogP contribution in [0.5, 0.6) is 0 Å². The minimum atomic E-state index is 1.26. The minimum Gasteiger partial charge on any atom is -0.0654 e. The van der Waals surface area contributed by atoms with Crippen molar-refractivity contribution in [1.29, 1.82) is 0 Å². The standard InChI is InChI=1S/C48H82/c1-4-7-10-13-16-19-22-25-28-32-39-45-42-43-47(44-37-33-31-34-38-44)48(41-36-30-27-24-21-18-15-12-9-6-3)46(45)40-35-29-26-23-20-17-14-11-8-5-2/h31,33-34,37-38,42-43H,4-30,32,35-36,39-41H2,1-3H3. The number of rotatable bonds is 34. The summed E-state index contributed by atoms with van der Waals surface area (Å²) in [7, 11) is 0. The van der Waals surface area contributed by atoms with E-state index in [2.05, 4.69) is 63.2 Å². The van der Waals surface area contributed by atoms with E-state index in [4.69, 9.17) is 0 Å². The first-order chi connectivity index (χ1) is 23.8. The van der Waals surface area contributed by atoms with Crippen LogP contribution in [-0.2, 0) is 19.3 Å². The van der Waals surface area contributed by atoms with Crippen LogP contribution in [0.4, 0.5) is 0 Å². The van der Waals surface area contributed by atoms with Gasteiger partial charge in [0.2, 0.25) is 0 Å². The molecule has 0 heterocycles. The Balaban J connectivity index is 1.99. The molecular formula is C48H82. The Hall–Kier alpha value is -1.56. The van der Waals surface area contributed by atoms with Crippen molar-refractivity contribution in [3.63, 3.8) is 0 Å². The molecule has 0 aliphatic rings. The van der Waals surface area contributed by atoms with Crippen LogP contribution in [0.25, 0.3) is 11.1 Å². The monoisotopic (exact) mass is 659 g/mol. The molecule has 48 heavy (non-hydrogen) atoms. The molecule has 0 aliphatic carbocycles. The molecule has 0 saturated heterocycles. The molecule has 0 aromatic heterocycles. The third-order valence-electron chi connectivity index (χ3n) is 11.0. The third kappa shape index (κ3) is 20.8. The number of benzene rings is 2. The van der Waals surface area contributed by atoms with Crippen molar-refractivity contribution in [3.05, 3.63) is 59.2 Å². The Kier molecular flexibility index (Phi) is 27.9. The lowest BCUT2D eigenvalue weighted by Gasteiger charge is -2.20. The highest BCUT2D eigenvalue weighted by Gasteiger charge is 2.15. The zero-order chi connectivity index (χ0) is 34.2. The van der Waals surface area contributed by atoms with Crippen LogP contribution in [0, 0.1) is 0 Å². The van der Waals surface area contributed by atoms with E-state index >= 15 is 0 Å². The van der Waals surface area contributed by atoms with Gasteiger partial charge in [-0.15, -0.1) is 0 Å². The molecule has 0 aliphatic heterocycles. The summed E-state index contributed by atoms with van der Waals surface area (Å²) < 4.78 is 0. The molecule has 0 fully saturated rings. The maximum atomic E-state index is 2.55. The van der Waals surface area contributed by atoms with Crippen molar-refractivity contribution in [2.75, 3.05) is 0 Å². The average molecular weight is 659 g/mol. The molecule has 0 unspecified atom stereocenters. The Labute approximate surface area is 302 Å². The first kappa shape index (κ1) is 42.6. The molecule has 0 amide bonds. The van der Waals surface area contributed by atoms with Gasteiger partial charge in [-0.05, 0) is 66.3 Å². The largest absolute Gasteiger partial charge is 0.0654 e. The summed E-state index contributed by atoms with van der Waals surface area (Å²) in [6.45, 7) is 6.96. The molecule has 274 valence electrons. The van der Waals surface area contributed by atoms with E-state index in [1.165, 1.54) is 223 Å². The molecule has 2 aromatic carbocycles. The van der Waals surface area contributed by atoms with Gasteiger partial charge in [-0.25, -0.2) is 0 Å². The SMILES string of the molecule is CCCCCCCCCCCCc1ccc(-c2ccccc2)c(CCCCCCCCCCCC)c1CCCCCCCCCCCC. The average Bonchev–Trinajstić information content (AvgIpc) is 3.11. The molecule has 0 N–H and O–H groups in total. The van der Waals surface area contributed by atoms with Crippen molar-refractivity contribution in [3.8, 4) is 11.1 Å². The lowest BCUT2D eigenvalue weighted by atomic mass is 9.85. The third-order valence-corrected chi connectivity index (χ3v) is 11.0. The smallest absolute Gasteiger partial charge is 0.0149 e. The highest BCUT2D eigenvalue weighted by Crippen LogP contribution is 2.33. The van der Waals surface area contributed by atoms with Crippen molar-refractivity contribution >= 4 is 0 Å². The van der Waals surface area contributed by atoms with Gasteiger partial charge in [0.05, 0.1) is 0 Å². The summed E-state index contributed by atoms with van der Waals surface area (Å²) in [6.07, 6.45) is 46.4. The Morgan fingerprint density at radius 3 is 1.02 bits per heavy atom. The molecule has 0 radical (unpaired) electrons. The Bertz CT molecular complexity index is 956. The van der Waals surface area contributed by atoms with E-state index in [1.807, 2.05) is 0 Å². The van der Waals surface area contributed by atoms with E-state index in [9.17, 15) is 0 Å². The zero-order valence-corrected chi connectivity index (χ0v) is 32.9. The van der Waals surface area contributed by atoms with Crippen molar-refractivity contribution in [1.82, 2.24) is 0 Å². The molecule has 0 heteroatoms. The van der Waals surface area contributed by atoms with Crippen molar-refractivity contribution in [2.24, 2.45) is 0 Å². The molecule has 0 spiro atoms. The second kappa shape index (κ2) is 31.4. The fourth-order valence-corrected chi connectivity index (χ4v) is 7.84. The van der Waals surface area contributed by atoms with Crippen LogP contribution >= 0.6 is 0 Å². The zero-order valence-electron chi connectivity index (χ0n) is 32.9. The highest BCUT2D eigenvalue weighted by molar-refractivity contribution is 5.70. The second-order valence-corrected chi connectivity index (χ2v) is 15.4. The lowest BCUT2D eigenvalue weighted by Crippen LogP contribution is -2.05. The van der Waals surface area contributed by atoms with E-state index in [1.54, 1.807) is 16.7 Å². The van der Waals surface area contributed by atoms with E-state index in [0.717, 1.165) is 0 Å². The lowest BCUT2D eigenvalue weighted by molar-refractivity contribution is 0.551. The summed E-state index contributed by atoms with van der Waals surface area (Å²) in [6, 6.07) is 16.4. The molecule has 2 rings (SSSR count). The Morgan fingerprint density at radius 2 is 0.625 bits per heavy atom. The first-order valence-electron chi connectivity index (χ1n) is 22.0. The van der Waals surface area contributed by atoms with Crippen LogP contribution in [0.1, 0.15) is 230 Å². The summed E-state index contributed by atoms with van der Waals surface area (Å²) in [5, 5.41) is 0. The van der Waals surface area contributed by atoms with Gasteiger partial charge < -0.3 is 0 Å². The number of aryl methyl sites for hydroxylation is 1. The van der Waals surface area contributed by atoms with Crippen LogP contribution in [0.15, 0.2) is 42.5 Å². The van der Waals surface area contributed by atoms with E-state index in [-0.39, 0.29) is 0 Å². The maximum Gasteiger partial charge on any atom is -0.0149 e. The highest BCUT2D eigenvalue weighted by atomic mass is 14.2. The van der Waals surface area contributed by atoms with Gasteiger partial charge >= 0.3 is 0 Å². The van der Waals surface area contributed by atoms with Gasteiger partial charge in [-0.3, -0.25) is 0 Å². The molecule has 2 aromatic rings. The molecular weight excluding hydrogens is 577 g/mol. The van der Waals surface area contributed by atoms with E-state index in [0.29, 0.717) is 0 Å². The topological polar surface area (TPSA) is 0 Å². The van der Waals surface area contributed by atoms with Gasteiger partial charge in [0, 0.05) is 0 Å². The first-order valence-corrected chi connectivity index (χ1v) is 22.0. The molecule has 0 nitrogen and oxygen atoms in total. The van der Waals surface area contributed by atoms with Crippen LogP contribution in [0.3, 0.4) is 0 Å².